The molecule has 4 N–H and O–H groups in total. The van der Waals surface area contributed by atoms with Crippen LogP contribution in [0.5, 0.6) is 0 Å². The largest absolute Gasteiger partial charge is 0.330 e. The number of carbonyl (C=O) groups is 2. The molecule has 2 heterocycles. The molecule has 0 saturated carbocycles. The summed E-state index contributed by atoms with van der Waals surface area (Å²) in [6.45, 7) is 3.43. The van der Waals surface area contributed by atoms with Crippen LogP contribution in [0.1, 0.15) is 34.8 Å². The van der Waals surface area contributed by atoms with E-state index in [2.05, 4.69) is 9.97 Å². The van der Waals surface area contributed by atoms with Gasteiger partial charge in [-0.2, -0.15) is 0 Å². The first kappa shape index (κ1) is 16.9. The van der Waals surface area contributed by atoms with Crippen molar-refractivity contribution >= 4 is 11.6 Å². The van der Waals surface area contributed by atoms with E-state index in [1.807, 2.05) is 0 Å². The van der Waals surface area contributed by atoms with E-state index in [1.54, 1.807) is 38.1 Å². The SMILES string of the molecule is CC(C)(CN)C(N)(C(=O)c1ccccn1)C(=O)c1ccccn1. The van der Waals surface area contributed by atoms with Crippen molar-refractivity contribution in [3.63, 3.8) is 0 Å². The number of hydrogen-bond acceptors (Lipinski definition) is 6. The zero-order chi connectivity index (χ0) is 17.1. The Morgan fingerprint density at radius 3 is 1.70 bits per heavy atom. The van der Waals surface area contributed by atoms with Gasteiger partial charge in [-0.25, -0.2) is 0 Å². The highest BCUT2D eigenvalue weighted by molar-refractivity contribution is 6.23. The smallest absolute Gasteiger partial charge is 0.209 e. The van der Waals surface area contributed by atoms with Crippen LogP contribution in [0.2, 0.25) is 0 Å². The van der Waals surface area contributed by atoms with Crippen LogP contribution in [-0.2, 0) is 0 Å². The van der Waals surface area contributed by atoms with Crippen molar-refractivity contribution in [3.8, 4) is 0 Å². The van der Waals surface area contributed by atoms with Crippen LogP contribution in [-0.4, -0.2) is 33.6 Å². The van der Waals surface area contributed by atoms with Gasteiger partial charge in [-0.3, -0.25) is 19.6 Å². The summed E-state index contributed by atoms with van der Waals surface area (Å²) >= 11 is 0. The molecular weight excluding hydrogens is 292 g/mol. The number of Topliss-reactive ketones (excluding diaryl/α,β-unsaturated/α-hetero) is 2. The molecule has 120 valence electrons. The van der Waals surface area contributed by atoms with Gasteiger partial charge in [0.2, 0.25) is 11.6 Å². The molecular formula is C17H20N4O2. The van der Waals surface area contributed by atoms with E-state index in [0.29, 0.717) is 0 Å². The summed E-state index contributed by atoms with van der Waals surface area (Å²) < 4.78 is 0. The lowest BCUT2D eigenvalue weighted by Crippen LogP contribution is -2.66. The molecule has 0 atom stereocenters. The van der Waals surface area contributed by atoms with Gasteiger partial charge in [-0.15, -0.1) is 0 Å². The van der Waals surface area contributed by atoms with Gasteiger partial charge in [-0.05, 0) is 24.3 Å². The Balaban J connectivity index is 2.58. The first-order valence-electron chi connectivity index (χ1n) is 7.25. The van der Waals surface area contributed by atoms with Gasteiger partial charge in [0.15, 0.2) is 5.54 Å². The number of carbonyl (C=O) groups excluding carboxylic acids is 2. The average Bonchev–Trinajstić information content (AvgIpc) is 2.61. The van der Waals surface area contributed by atoms with Gasteiger partial charge in [0.1, 0.15) is 11.4 Å². The standard InChI is InChI=1S/C17H20N4O2/c1-16(2,11-18)17(19,14(22)12-7-3-5-9-20-12)15(23)13-8-4-6-10-21-13/h3-10H,11,18-19H2,1-2H3. The van der Waals surface area contributed by atoms with Crippen molar-refractivity contribution < 1.29 is 9.59 Å². The minimum atomic E-state index is -1.86. The Morgan fingerprint density at radius 1 is 0.957 bits per heavy atom. The van der Waals surface area contributed by atoms with Crippen LogP contribution in [0.4, 0.5) is 0 Å². The van der Waals surface area contributed by atoms with Crippen molar-refractivity contribution in [2.24, 2.45) is 16.9 Å². The molecule has 2 aromatic heterocycles. The summed E-state index contributed by atoms with van der Waals surface area (Å²) in [5.41, 5.74) is 9.60. The van der Waals surface area contributed by atoms with Crippen LogP contribution in [0.15, 0.2) is 48.8 Å². The molecule has 6 heteroatoms. The maximum Gasteiger partial charge on any atom is 0.209 e. The molecule has 0 saturated heterocycles. The minimum absolute atomic E-state index is 0.0562. The van der Waals surface area contributed by atoms with E-state index in [-0.39, 0.29) is 17.9 Å². The Kier molecular flexibility index (Phi) is 4.68. The van der Waals surface area contributed by atoms with Gasteiger partial charge in [0.05, 0.1) is 0 Å². The van der Waals surface area contributed by atoms with E-state index in [9.17, 15) is 9.59 Å². The Bertz CT molecular complexity index is 648. The lowest BCUT2D eigenvalue weighted by molar-refractivity contribution is 0.0604. The maximum absolute atomic E-state index is 13.0. The zero-order valence-electron chi connectivity index (χ0n) is 13.2. The molecule has 6 nitrogen and oxygen atoms in total. The quantitative estimate of drug-likeness (QED) is 0.613. The molecule has 0 fully saturated rings. The summed E-state index contributed by atoms with van der Waals surface area (Å²) in [5, 5.41) is 0. The van der Waals surface area contributed by atoms with Gasteiger partial charge in [0.25, 0.3) is 0 Å². The summed E-state index contributed by atoms with van der Waals surface area (Å²) in [6.07, 6.45) is 2.96. The van der Waals surface area contributed by atoms with Crippen LogP contribution < -0.4 is 11.5 Å². The van der Waals surface area contributed by atoms with E-state index >= 15 is 0 Å². The molecule has 0 unspecified atom stereocenters. The molecule has 0 aliphatic rings. The van der Waals surface area contributed by atoms with Crippen molar-refractivity contribution in [1.29, 1.82) is 0 Å². The molecule has 0 radical (unpaired) electrons. The Hall–Kier alpha value is -2.44. The van der Waals surface area contributed by atoms with Crippen LogP contribution in [0, 0.1) is 5.41 Å². The average molecular weight is 312 g/mol. The third kappa shape index (κ3) is 2.91. The van der Waals surface area contributed by atoms with Gasteiger partial charge in [-0.1, -0.05) is 26.0 Å². The van der Waals surface area contributed by atoms with Crippen LogP contribution >= 0.6 is 0 Å². The molecule has 23 heavy (non-hydrogen) atoms. The predicted octanol–water partition coefficient (Wildman–Crippen LogP) is 1.22. The van der Waals surface area contributed by atoms with Crippen molar-refractivity contribution in [3.05, 3.63) is 60.2 Å². The lowest BCUT2D eigenvalue weighted by Gasteiger charge is -2.40. The topological polar surface area (TPSA) is 112 Å². The van der Waals surface area contributed by atoms with Crippen molar-refractivity contribution in [1.82, 2.24) is 9.97 Å². The van der Waals surface area contributed by atoms with Crippen molar-refractivity contribution in [2.45, 2.75) is 19.4 Å². The summed E-state index contributed by atoms with van der Waals surface area (Å²) in [6, 6.07) is 9.76. The number of nitrogens with zero attached hydrogens (tertiary/aromatic N) is 2. The van der Waals surface area contributed by atoms with Gasteiger partial charge < -0.3 is 11.5 Å². The summed E-state index contributed by atoms with van der Waals surface area (Å²) in [7, 11) is 0. The third-order valence-electron chi connectivity index (χ3n) is 4.09. The molecule has 0 bridgehead atoms. The minimum Gasteiger partial charge on any atom is -0.330 e. The zero-order valence-corrected chi connectivity index (χ0v) is 13.2. The van der Waals surface area contributed by atoms with Crippen LogP contribution in [0.25, 0.3) is 0 Å². The second-order valence-corrected chi connectivity index (χ2v) is 5.98. The number of aromatic nitrogens is 2. The second-order valence-electron chi connectivity index (χ2n) is 5.98. The van der Waals surface area contributed by atoms with E-state index in [4.69, 9.17) is 11.5 Å². The van der Waals surface area contributed by atoms with Gasteiger partial charge >= 0.3 is 0 Å². The normalized spacial score (nSPS) is 12.0. The summed E-state index contributed by atoms with van der Waals surface area (Å²) in [5.74, 6) is -1.13. The van der Waals surface area contributed by atoms with E-state index in [1.165, 1.54) is 24.5 Å². The molecule has 0 aliphatic heterocycles. The highest BCUT2D eigenvalue weighted by Gasteiger charge is 2.54. The van der Waals surface area contributed by atoms with Crippen molar-refractivity contribution in [2.75, 3.05) is 6.54 Å². The number of nitrogens with two attached hydrogens (primary N) is 2. The lowest BCUT2D eigenvalue weighted by atomic mass is 9.66. The fourth-order valence-corrected chi connectivity index (χ4v) is 2.28. The first-order valence-corrected chi connectivity index (χ1v) is 7.25. The number of pyridine rings is 2. The number of ketones is 2. The van der Waals surface area contributed by atoms with Crippen LogP contribution in [0.3, 0.4) is 0 Å². The fourth-order valence-electron chi connectivity index (χ4n) is 2.28. The van der Waals surface area contributed by atoms with E-state index < -0.39 is 22.5 Å². The predicted molar refractivity (Wildman–Crippen MR) is 86.9 cm³/mol. The second kappa shape index (κ2) is 6.36. The highest BCUT2D eigenvalue weighted by Crippen LogP contribution is 2.33. The Labute approximate surface area is 134 Å². The highest BCUT2D eigenvalue weighted by atomic mass is 16.2. The molecule has 0 aromatic carbocycles. The third-order valence-corrected chi connectivity index (χ3v) is 4.09. The molecule has 0 aliphatic carbocycles. The monoisotopic (exact) mass is 312 g/mol. The Morgan fingerprint density at radius 2 is 1.39 bits per heavy atom. The number of rotatable bonds is 6. The van der Waals surface area contributed by atoms with Gasteiger partial charge in [0, 0.05) is 24.4 Å². The number of hydrogen-bond donors (Lipinski definition) is 2. The molecule has 0 amide bonds. The van der Waals surface area contributed by atoms with E-state index in [0.717, 1.165) is 0 Å². The fraction of sp³-hybridized carbons (Fsp3) is 0.294. The first-order chi connectivity index (χ1) is 10.8. The molecule has 0 spiro atoms. The molecule has 2 rings (SSSR count). The maximum atomic E-state index is 13.0. The molecule has 2 aromatic rings. The summed E-state index contributed by atoms with van der Waals surface area (Å²) in [4.78, 5) is 34.0.